The number of carbonyl (C=O) groups is 2. The third kappa shape index (κ3) is 11.1. The van der Waals surface area contributed by atoms with E-state index in [0.717, 1.165) is 38.5 Å². The van der Waals surface area contributed by atoms with Gasteiger partial charge in [0.1, 0.15) is 6.10 Å². The molecule has 0 spiro atoms. The molecule has 0 aromatic rings. The summed E-state index contributed by atoms with van der Waals surface area (Å²) in [6.07, 6.45) is 15.4. The van der Waals surface area contributed by atoms with Gasteiger partial charge in [-0.25, -0.2) is 0 Å². The summed E-state index contributed by atoms with van der Waals surface area (Å²) < 4.78 is 11.3. The molecule has 0 saturated carbocycles. The fourth-order valence-electron chi connectivity index (χ4n) is 3.80. The lowest BCUT2D eigenvalue weighted by Crippen LogP contribution is -2.42. The van der Waals surface area contributed by atoms with Gasteiger partial charge in [0, 0.05) is 0 Å². The monoisotopic (exact) mass is 412 g/mol. The first-order valence-corrected chi connectivity index (χ1v) is 12.4. The molecule has 0 unspecified atom stereocenters. The van der Waals surface area contributed by atoms with Crippen molar-refractivity contribution >= 4 is 11.9 Å². The van der Waals surface area contributed by atoms with E-state index in [1.54, 1.807) is 0 Å². The second kappa shape index (κ2) is 17.8. The highest BCUT2D eigenvalue weighted by atomic mass is 16.6. The first-order valence-electron chi connectivity index (χ1n) is 12.4. The van der Waals surface area contributed by atoms with E-state index in [2.05, 4.69) is 20.8 Å². The number of esters is 2. The number of ether oxygens (including phenoxy) is 2. The summed E-state index contributed by atoms with van der Waals surface area (Å²) in [6.45, 7) is 10.6. The number of carbonyl (C=O) groups excluding carboxylic acids is 2. The molecule has 0 aliphatic rings. The van der Waals surface area contributed by atoms with Crippen molar-refractivity contribution in [3.8, 4) is 0 Å². The Labute approximate surface area is 180 Å². The average molecular weight is 413 g/mol. The van der Waals surface area contributed by atoms with Crippen molar-refractivity contribution in [2.24, 2.45) is 5.41 Å². The minimum Gasteiger partial charge on any atom is -0.465 e. The van der Waals surface area contributed by atoms with E-state index < -0.39 is 17.4 Å². The van der Waals surface area contributed by atoms with Gasteiger partial charge in [0.05, 0.1) is 6.61 Å². The molecule has 0 aromatic heterocycles. The topological polar surface area (TPSA) is 52.6 Å². The van der Waals surface area contributed by atoms with Crippen molar-refractivity contribution in [3.63, 3.8) is 0 Å². The Morgan fingerprint density at radius 3 is 1.59 bits per heavy atom. The second-order valence-electron chi connectivity index (χ2n) is 8.36. The number of unbranched alkanes of at least 4 members (excludes halogenated alkanes) is 8. The Morgan fingerprint density at radius 1 is 0.655 bits per heavy atom. The summed E-state index contributed by atoms with van der Waals surface area (Å²) >= 11 is 0. The highest BCUT2D eigenvalue weighted by Crippen LogP contribution is 2.31. The number of hydrogen-bond donors (Lipinski definition) is 0. The van der Waals surface area contributed by atoms with Crippen LogP contribution in [0.2, 0.25) is 0 Å². The normalized spacial score (nSPS) is 11.7. The molecule has 0 heterocycles. The highest BCUT2D eigenvalue weighted by molar-refractivity contribution is 6.00. The molecule has 0 amide bonds. The Bertz CT molecular complexity index is 409. The molecule has 4 nitrogen and oxygen atoms in total. The van der Waals surface area contributed by atoms with Gasteiger partial charge in [-0.1, -0.05) is 98.8 Å². The van der Waals surface area contributed by atoms with Crippen LogP contribution in [0.5, 0.6) is 0 Å². The molecule has 29 heavy (non-hydrogen) atoms. The summed E-state index contributed by atoms with van der Waals surface area (Å²) in [5, 5.41) is 0. The molecule has 0 aromatic carbocycles. The maximum Gasteiger partial charge on any atom is 0.323 e. The smallest absolute Gasteiger partial charge is 0.323 e. The van der Waals surface area contributed by atoms with Crippen molar-refractivity contribution < 1.29 is 19.1 Å². The van der Waals surface area contributed by atoms with Gasteiger partial charge in [0.25, 0.3) is 0 Å². The third-order valence-corrected chi connectivity index (χ3v) is 5.96. The van der Waals surface area contributed by atoms with Crippen LogP contribution in [0.1, 0.15) is 131 Å². The Kier molecular flexibility index (Phi) is 17.1. The van der Waals surface area contributed by atoms with E-state index in [0.29, 0.717) is 19.4 Å². The highest BCUT2D eigenvalue weighted by Gasteiger charge is 2.46. The molecule has 0 bridgehead atoms. The van der Waals surface area contributed by atoms with Crippen molar-refractivity contribution in [1.82, 2.24) is 0 Å². The van der Waals surface area contributed by atoms with E-state index in [4.69, 9.17) is 9.47 Å². The molecule has 0 aliphatic heterocycles. The minimum atomic E-state index is -1.15. The fraction of sp³-hybridized carbons (Fsp3) is 0.920. The number of hydrogen-bond acceptors (Lipinski definition) is 4. The molecule has 0 atom stereocenters. The standard InChI is InChI=1S/C25H48O4/c1-6-11-12-13-14-15-16-17-18-21-28-23(26)25(9-4,10-5)24(27)29-22(19-7-2)20-8-3/h22H,6-21H2,1-5H3. The first-order chi connectivity index (χ1) is 14.0. The van der Waals surface area contributed by atoms with Crippen LogP contribution in [0.4, 0.5) is 0 Å². The molecule has 0 radical (unpaired) electrons. The van der Waals surface area contributed by atoms with Gasteiger partial charge in [-0.15, -0.1) is 0 Å². The summed E-state index contributed by atoms with van der Waals surface area (Å²) in [5.74, 6) is -0.801. The van der Waals surface area contributed by atoms with Crippen molar-refractivity contribution in [2.45, 2.75) is 137 Å². The summed E-state index contributed by atoms with van der Waals surface area (Å²) in [7, 11) is 0. The van der Waals surface area contributed by atoms with Crippen LogP contribution in [0.15, 0.2) is 0 Å². The van der Waals surface area contributed by atoms with Gasteiger partial charge in [-0.05, 0) is 32.1 Å². The Hall–Kier alpha value is -1.06. The summed E-state index contributed by atoms with van der Waals surface area (Å²) in [5.41, 5.74) is -1.15. The molecule has 4 heteroatoms. The molecule has 0 saturated heterocycles. The predicted molar refractivity (Wildman–Crippen MR) is 121 cm³/mol. The SMILES string of the molecule is CCCCCCCCCCCOC(=O)C(CC)(CC)C(=O)OC(CCC)CCC. The lowest BCUT2D eigenvalue weighted by molar-refractivity contribution is -0.177. The van der Waals surface area contributed by atoms with Crippen molar-refractivity contribution in [3.05, 3.63) is 0 Å². The van der Waals surface area contributed by atoms with Crippen LogP contribution < -0.4 is 0 Å². The van der Waals surface area contributed by atoms with E-state index in [1.807, 2.05) is 13.8 Å². The van der Waals surface area contributed by atoms with Gasteiger partial charge in [0.15, 0.2) is 5.41 Å². The number of rotatable bonds is 19. The van der Waals surface area contributed by atoms with Crippen LogP contribution in [-0.4, -0.2) is 24.6 Å². The van der Waals surface area contributed by atoms with E-state index in [-0.39, 0.29) is 6.10 Å². The largest absolute Gasteiger partial charge is 0.465 e. The van der Waals surface area contributed by atoms with Gasteiger partial charge in [-0.2, -0.15) is 0 Å². The zero-order valence-corrected chi connectivity index (χ0v) is 20.0. The van der Waals surface area contributed by atoms with Gasteiger partial charge in [0.2, 0.25) is 0 Å². The van der Waals surface area contributed by atoms with E-state index >= 15 is 0 Å². The van der Waals surface area contributed by atoms with Crippen molar-refractivity contribution in [2.75, 3.05) is 6.61 Å². The lowest BCUT2D eigenvalue weighted by atomic mass is 9.82. The van der Waals surface area contributed by atoms with Crippen LogP contribution in [0.3, 0.4) is 0 Å². The zero-order chi connectivity index (χ0) is 22.0. The minimum absolute atomic E-state index is 0.0971. The molecule has 172 valence electrons. The quantitative estimate of drug-likeness (QED) is 0.126. The first kappa shape index (κ1) is 27.9. The molecule has 0 N–H and O–H groups in total. The maximum absolute atomic E-state index is 12.9. The van der Waals surface area contributed by atoms with Crippen LogP contribution >= 0.6 is 0 Å². The van der Waals surface area contributed by atoms with Crippen LogP contribution in [0.25, 0.3) is 0 Å². The Balaban J connectivity index is 4.37. The molecule has 0 rings (SSSR count). The lowest BCUT2D eigenvalue weighted by Gasteiger charge is -2.29. The predicted octanol–water partition coefficient (Wildman–Crippen LogP) is 7.38. The van der Waals surface area contributed by atoms with E-state index in [9.17, 15) is 9.59 Å². The van der Waals surface area contributed by atoms with Crippen LogP contribution in [-0.2, 0) is 19.1 Å². The van der Waals surface area contributed by atoms with Gasteiger partial charge >= 0.3 is 11.9 Å². The van der Waals surface area contributed by atoms with Crippen molar-refractivity contribution in [1.29, 1.82) is 0 Å². The molecule has 0 aliphatic carbocycles. The average Bonchev–Trinajstić information content (AvgIpc) is 2.71. The summed E-state index contributed by atoms with van der Waals surface area (Å²) in [4.78, 5) is 25.7. The zero-order valence-electron chi connectivity index (χ0n) is 20.0. The maximum atomic E-state index is 12.9. The fourth-order valence-corrected chi connectivity index (χ4v) is 3.80. The molecular weight excluding hydrogens is 364 g/mol. The summed E-state index contributed by atoms with van der Waals surface area (Å²) in [6, 6.07) is 0. The molecular formula is C25H48O4. The van der Waals surface area contributed by atoms with Gasteiger partial charge in [-0.3, -0.25) is 9.59 Å². The van der Waals surface area contributed by atoms with Gasteiger partial charge < -0.3 is 9.47 Å². The Morgan fingerprint density at radius 2 is 1.14 bits per heavy atom. The van der Waals surface area contributed by atoms with E-state index in [1.165, 1.54) is 44.9 Å². The second-order valence-corrected chi connectivity index (χ2v) is 8.36. The molecule has 0 fully saturated rings. The van der Waals surface area contributed by atoms with Crippen LogP contribution in [0, 0.1) is 5.41 Å². The third-order valence-electron chi connectivity index (χ3n) is 5.96.